The van der Waals surface area contributed by atoms with Gasteiger partial charge in [-0.25, -0.2) is 18.1 Å². The number of hydrogen-bond donors (Lipinski definition) is 3. The van der Waals surface area contributed by atoms with Crippen LogP contribution in [0, 0.1) is 6.92 Å². The number of aliphatic hydroxyl groups is 1. The molecule has 1 fully saturated rings. The van der Waals surface area contributed by atoms with Crippen LogP contribution >= 0.6 is 11.3 Å². The molecule has 30 heavy (non-hydrogen) atoms. The first-order valence-electron chi connectivity index (χ1n) is 9.15. The number of aliphatic hydroxyl groups excluding tert-OH is 1. The molecule has 1 aliphatic rings. The van der Waals surface area contributed by atoms with E-state index in [0.717, 1.165) is 4.88 Å². The Hall–Kier alpha value is -2.38. The van der Waals surface area contributed by atoms with Crippen molar-refractivity contribution in [2.24, 2.45) is 5.16 Å². The van der Waals surface area contributed by atoms with Gasteiger partial charge in [0.1, 0.15) is 0 Å². The standard InChI is InChI=1S/C18H22N4O6S2/c1-12-10-19-18(29-12)21-17(24)16(22-28-14-6-9-27-11-14)13-2-4-15(5-3-13)30(25,26)20-7-8-23/h2-5,10,14,20,23H,6-9,11H2,1H3,(H,19,21,24)/b22-16+/t14-/m1/s1. The molecule has 3 N–H and O–H groups in total. The van der Waals surface area contributed by atoms with Crippen molar-refractivity contribution in [3.63, 3.8) is 0 Å². The van der Waals surface area contributed by atoms with Crippen molar-refractivity contribution in [2.75, 3.05) is 31.7 Å². The molecule has 162 valence electrons. The highest BCUT2D eigenvalue weighted by molar-refractivity contribution is 7.89. The second kappa shape index (κ2) is 10.1. The number of amides is 1. The van der Waals surface area contributed by atoms with Gasteiger partial charge in [0.15, 0.2) is 16.9 Å². The molecule has 0 aliphatic carbocycles. The lowest BCUT2D eigenvalue weighted by Crippen LogP contribution is -2.27. The van der Waals surface area contributed by atoms with E-state index < -0.39 is 15.9 Å². The lowest BCUT2D eigenvalue weighted by atomic mass is 10.1. The van der Waals surface area contributed by atoms with Crippen LogP contribution in [0.15, 0.2) is 40.5 Å². The lowest BCUT2D eigenvalue weighted by Gasteiger charge is -2.10. The van der Waals surface area contributed by atoms with Crippen LogP contribution in [0.3, 0.4) is 0 Å². The van der Waals surface area contributed by atoms with Gasteiger partial charge in [0.2, 0.25) is 10.0 Å². The summed E-state index contributed by atoms with van der Waals surface area (Å²) in [4.78, 5) is 23.3. The van der Waals surface area contributed by atoms with Gasteiger partial charge in [0.25, 0.3) is 5.91 Å². The fourth-order valence-corrected chi connectivity index (χ4v) is 4.25. The predicted molar refractivity (Wildman–Crippen MR) is 111 cm³/mol. The van der Waals surface area contributed by atoms with Crippen molar-refractivity contribution < 1.29 is 27.9 Å². The molecule has 1 saturated heterocycles. The number of aryl methyl sites for hydroxylation is 1. The zero-order chi connectivity index (χ0) is 21.6. The highest BCUT2D eigenvalue weighted by Gasteiger charge is 2.22. The van der Waals surface area contributed by atoms with Gasteiger partial charge in [-0.2, -0.15) is 0 Å². The largest absolute Gasteiger partial charge is 0.395 e. The number of hydrogen-bond acceptors (Lipinski definition) is 9. The molecule has 1 aliphatic heterocycles. The molecule has 1 amide bonds. The minimum atomic E-state index is -3.76. The maximum atomic E-state index is 12.8. The number of rotatable bonds is 9. The summed E-state index contributed by atoms with van der Waals surface area (Å²) >= 11 is 1.32. The van der Waals surface area contributed by atoms with E-state index in [0.29, 0.717) is 30.3 Å². The highest BCUT2D eigenvalue weighted by atomic mass is 32.2. The fraction of sp³-hybridized carbons (Fsp3) is 0.389. The number of thiazole rings is 1. The Labute approximate surface area is 178 Å². The Balaban J connectivity index is 1.83. The third-order valence-electron chi connectivity index (χ3n) is 4.08. The first kappa shape index (κ1) is 22.3. The Morgan fingerprint density at radius 2 is 2.17 bits per heavy atom. The van der Waals surface area contributed by atoms with E-state index in [1.165, 1.54) is 35.6 Å². The van der Waals surface area contributed by atoms with E-state index in [4.69, 9.17) is 14.7 Å². The fourth-order valence-electron chi connectivity index (χ4n) is 2.57. The summed E-state index contributed by atoms with van der Waals surface area (Å²) in [5.74, 6) is -0.530. The number of carbonyl (C=O) groups excluding carboxylic acids is 1. The molecule has 0 unspecified atom stereocenters. The number of nitrogens with one attached hydrogen (secondary N) is 2. The van der Waals surface area contributed by atoms with Crippen molar-refractivity contribution in [3.05, 3.63) is 40.9 Å². The summed E-state index contributed by atoms with van der Waals surface area (Å²) < 4.78 is 31.8. The second-order valence-corrected chi connectivity index (χ2v) is 9.41. The van der Waals surface area contributed by atoms with Crippen LogP contribution in [-0.2, 0) is 24.4 Å². The first-order chi connectivity index (χ1) is 14.4. The molecule has 12 heteroatoms. The summed E-state index contributed by atoms with van der Waals surface area (Å²) in [5, 5.41) is 15.9. The van der Waals surface area contributed by atoms with Gasteiger partial charge < -0.3 is 14.7 Å². The molecule has 2 heterocycles. The van der Waals surface area contributed by atoms with Crippen molar-refractivity contribution in [2.45, 2.75) is 24.3 Å². The third-order valence-corrected chi connectivity index (χ3v) is 6.38. The molecular weight excluding hydrogens is 432 g/mol. The number of oxime groups is 1. The number of aromatic nitrogens is 1. The van der Waals surface area contributed by atoms with Crippen LogP contribution in [-0.4, -0.2) is 62.6 Å². The monoisotopic (exact) mass is 454 g/mol. The average molecular weight is 455 g/mol. The van der Waals surface area contributed by atoms with E-state index in [-0.39, 0.29) is 29.9 Å². The van der Waals surface area contributed by atoms with Crippen LogP contribution in [0.25, 0.3) is 0 Å². The molecule has 0 saturated carbocycles. The van der Waals surface area contributed by atoms with Crippen LogP contribution in [0.2, 0.25) is 0 Å². The maximum absolute atomic E-state index is 12.8. The number of benzene rings is 1. The minimum Gasteiger partial charge on any atom is -0.395 e. The summed E-state index contributed by atoms with van der Waals surface area (Å²) in [5.41, 5.74) is 0.364. The Bertz CT molecular complexity index is 998. The number of ether oxygens (including phenoxy) is 1. The minimum absolute atomic E-state index is 0.000109. The van der Waals surface area contributed by atoms with Crippen molar-refractivity contribution in [3.8, 4) is 0 Å². The highest BCUT2D eigenvalue weighted by Crippen LogP contribution is 2.18. The zero-order valence-electron chi connectivity index (χ0n) is 16.2. The van der Waals surface area contributed by atoms with Crippen molar-refractivity contribution in [1.82, 2.24) is 9.71 Å². The van der Waals surface area contributed by atoms with E-state index in [1.54, 1.807) is 6.20 Å². The Morgan fingerprint density at radius 1 is 1.40 bits per heavy atom. The summed E-state index contributed by atoms with van der Waals surface area (Å²) in [6, 6.07) is 5.63. The van der Waals surface area contributed by atoms with Crippen LogP contribution in [0.5, 0.6) is 0 Å². The molecule has 1 atom stereocenters. The first-order valence-corrected chi connectivity index (χ1v) is 11.5. The van der Waals surface area contributed by atoms with E-state index in [9.17, 15) is 13.2 Å². The topological polar surface area (TPSA) is 139 Å². The van der Waals surface area contributed by atoms with Crippen LogP contribution in [0.4, 0.5) is 5.13 Å². The number of sulfonamides is 1. The molecule has 3 rings (SSSR count). The van der Waals surface area contributed by atoms with Gasteiger partial charge >= 0.3 is 0 Å². The number of anilines is 1. The molecule has 0 bridgehead atoms. The average Bonchev–Trinajstić information content (AvgIpc) is 3.39. The summed E-state index contributed by atoms with van der Waals surface area (Å²) in [6.45, 7) is 2.41. The molecule has 1 aromatic carbocycles. The van der Waals surface area contributed by atoms with Gasteiger partial charge in [0.05, 0.1) is 24.7 Å². The van der Waals surface area contributed by atoms with E-state index >= 15 is 0 Å². The smallest absolute Gasteiger partial charge is 0.280 e. The molecule has 2 aromatic rings. The normalized spacial score (nSPS) is 17.1. The number of carbonyl (C=O) groups is 1. The van der Waals surface area contributed by atoms with Gasteiger partial charge in [-0.05, 0) is 19.1 Å². The summed E-state index contributed by atoms with van der Waals surface area (Å²) in [6.07, 6.45) is 2.05. The van der Waals surface area contributed by atoms with Crippen molar-refractivity contribution in [1.29, 1.82) is 0 Å². The van der Waals surface area contributed by atoms with E-state index in [2.05, 4.69) is 20.2 Å². The second-order valence-electron chi connectivity index (χ2n) is 6.41. The van der Waals surface area contributed by atoms with Gasteiger partial charge in [-0.15, -0.1) is 11.3 Å². The lowest BCUT2D eigenvalue weighted by molar-refractivity contribution is -0.110. The van der Waals surface area contributed by atoms with Crippen LogP contribution < -0.4 is 10.0 Å². The number of nitrogens with zero attached hydrogens (tertiary/aromatic N) is 2. The molecule has 10 nitrogen and oxygen atoms in total. The summed E-state index contributed by atoms with van der Waals surface area (Å²) in [7, 11) is -3.76. The zero-order valence-corrected chi connectivity index (χ0v) is 17.8. The molecule has 0 spiro atoms. The van der Waals surface area contributed by atoms with Crippen LogP contribution in [0.1, 0.15) is 16.9 Å². The van der Waals surface area contributed by atoms with Gasteiger partial charge in [-0.3, -0.25) is 10.1 Å². The van der Waals surface area contributed by atoms with Crippen molar-refractivity contribution >= 4 is 38.1 Å². The maximum Gasteiger partial charge on any atom is 0.280 e. The SMILES string of the molecule is Cc1cnc(NC(=O)/C(=N/O[C@@H]2CCOC2)c2ccc(S(=O)(=O)NCCO)cc2)s1. The third kappa shape index (κ3) is 5.83. The molecule has 1 aromatic heterocycles. The van der Waals surface area contributed by atoms with Gasteiger partial charge in [-0.1, -0.05) is 17.3 Å². The van der Waals surface area contributed by atoms with Gasteiger partial charge in [0, 0.05) is 29.6 Å². The van der Waals surface area contributed by atoms with E-state index in [1.807, 2.05) is 6.92 Å². The molecular formula is C18H22N4O6S2. The quantitative estimate of drug-likeness (QED) is 0.377. The predicted octanol–water partition coefficient (Wildman–Crippen LogP) is 0.870. The Kier molecular flexibility index (Phi) is 7.50. The molecule has 0 radical (unpaired) electrons. The Morgan fingerprint density at radius 3 is 2.77 bits per heavy atom.